The Balaban J connectivity index is 2.35. The standard InChI is InChI=1S/C12H12NS/c1-9-6-7-13-10-4-2-3-5-11(10)14-12(13)8-9/h2-5,8H,6-7H2,1H3/q+1. The van der Waals surface area contributed by atoms with E-state index in [-0.39, 0.29) is 0 Å². The van der Waals surface area contributed by atoms with Gasteiger partial charge in [-0.25, -0.2) is 0 Å². The molecule has 0 aliphatic carbocycles. The second kappa shape index (κ2) is 2.92. The van der Waals surface area contributed by atoms with E-state index in [0.29, 0.717) is 0 Å². The summed E-state index contributed by atoms with van der Waals surface area (Å²) in [7, 11) is 0. The van der Waals surface area contributed by atoms with Crippen LogP contribution in [-0.2, 0) is 6.54 Å². The first-order chi connectivity index (χ1) is 6.84. The minimum absolute atomic E-state index is 1.14. The summed E-state index contributed by atoms with van der Waals surface area (Å²) in [4.78, 5) is 0. The SMILES string of the molecule is CC1=Cc2sc3ccccc3[n+]2CC1. The Hall–Kier alpha value is -1.15. The fraction of sp³-hybridized carbons (Fsp3) is 0.250. The van der Waals surface area contributed by atoms with E-state index in [1.54, 1.807) is 0 Å². The van der Waals surface area contributed by atoms with Crippen molar-refractivity contribution in [3.8, 4) is 0 Å². The number of hydrogen-bond donors (Lipinski definition) is 0. The van der Waals surface area contributed by atoms with Crippen LogP contribution in [0.15, 0.2) is 29.8 Å². The van der Waals surface area contributed by atoms with Gasteiger partial charge in [0.05, 0.1) is 0 Å². The number of para-hydroxylation sites is 1. The van der Waals surface area contributed by atoms with Crippen molar-refractivity contribution in [1.29, 1.82) is 0 Å². The molecule has 0 atom stereocenters. The summed E-state index contributed by atoms with van der Waals surface area (Å²) in [5.41, 5.74) is 2.88. The minimum atomic E-state index is 1.14. The minimum Gasteiger partial charge on any atom is -0.182 e. The van der Waals surface area contributed by atoms with Crippen molar-refractivity contribution in [3.63, 3.8) is 0 Å². The van der Waals surface area contributed by atoms with Crippen LogP contribution in [-0.4, -0.2) is 0 Å². The molecule has 0 saturated heterocycles. The van der Waals surface area contributed by atoms with Gasteiger partial charge in [-0.15, -0.1) is 0 Å². The lowest BCUT2D eigenvalue weighted by molar-refractivity contribution is -0.669. The monoisotopic (exact) mass is 202 g/mol. The molecule has 70 valence electrons. The highest BCUT2D eigenvalue weighted by molar-refractivity contribution is 7.18. The molecular formula is C12H12NS+. The third kappa shape index (κ3) is 1.11. The van der Waals surface area contributed by atoms with Crippen molar-refractivity contribution >= 4 is 27.6 Å². The molecule has 0 amide bonds. The first kappa shape index (κ1) is 8.18. The number of thiazole rings is 1. The summed E-state index contributed by atoms with van der Waals surface area (Å²) < 4.78 is 3.82. The van der Waals surface area contributed by atoms with E-state index in [1.807, 2.05) is 11.3 Å². The summed E-state index contributed by atoms with van der Waals surface area (Å²) in [5, 5.41) is 1.40. The van der Waals surface area contributed by atoms with E-state index in [1.165, 1.54) is 27.2 Å². The molecule has 0 radical (unpaired) electrons. The Bertz CT molecular complexity index is 522. The molecule has 2 aromatic rings. The van der Waals surface area contributed by atoms with Crippen LogP contribution < -0.4 is 4.57 Å². The molecule has 0 saturated carbocycles. The number of allylic oxidation sites excluding steroid dienone is 1. The molecule has 0 unspecified atom stereocenters. The van der Waals surface area contributed by atoms with E-state index in [0.717, 1.165) is 6.54 Å². The second-order valence-corrected chi connectivity index (χ2v) is 4.86. The zero-order valence-corrected chi connectivity index (χ0v) is 8.97. The first-order valence-corrected chi connectivity index (χ1v) is 5.75. The lowest BCUT2D eigenvalue weighted by Gasteiger charge is -2.03. The van der Waals surface area contributed by atoms with Crippen LogP contribution in [0.4, 0.5) is 0 Å². The molecule has 2 heteroatoms. The molecule has 0 N–H and O–H groups in total. The predicted molar refractivity (Wildman–Crippen MR) is 60.3 cm³/mol. The summed E-state index contributed by atoms with van der Waals surface area (Å²) >= 11 is 1.89. The van der Waals surface area contributed by atoms with Crippen molar-refractivity contribution in [2.24, 2.45) is 0 Å². The van der Waals surface area contributed by atoms with E-state index < -0.39 is 0 Å². The van der Waals surface area contributed by atoms with Crippen LogP contribution in [0.5, 0.6) is 0 Å². The van der Waals surface area contributed by atoms with Gasteiger partial charge in [0.15, 0.2) is 6.54 Å². The average molecular weight is 202 g/mol. The van der Waals surface area contributed by atoms with E-state index >= 15 is 0 Å². The zero-order valence-electron chi connectivity index (χ0n) is 8.16. The Kier molecular flexibility index (Phi) is 1.71. The number of nitrogens with zero attached hydrogens (tertiary/aromatic N) is 1. The molecule has 0 bridgehead atoms. The molecule has 1 aliphatic rings. The topological polar surface area (TPSA) is 3.88 Å². The molecule has 3 rings (SSSR count). The van der Waals surface area contributed by atoms with Gasteiger partial charge >= 0.3 is 0 Å². The van der Waals surface area contributed by atoms with Gasteiger partial charge in [-0.05, 0) is 13.0 Å². The Labute approximate surface area is 87.3 Å². The molecule has 0 spiro atoms. The maximum absolute atomic E-state index is 2.42. The number of aryl methyl sites for hydroxylation is 1. The maximum atomic E-state index is 2.42. The van der Waals surface area contributed by atoms with Gasteiger partial charge in [0, 0.05) is 18.6 Å². The van der Waals surface area contributed by atoms with E-state index in [2.05, 4.69) is 41.8 Å². The summed E-state index contributed by atoms with van der Waals surface area (Å²) in [5.74, 6) is 0. The third-order valence-electron chi connectivity index (χ3n) is 2.74. The fourth-order valence-corrected chi connectivity index (χ4v) is 3.18. The van der Waals surface area contributed by atoms with Gasteiger partial charge in [-0.1, -0.05) is 29.0 Å². The molecule has 1 nitrogen and oxygen atoms in total. The average Bonchev–Trinajstić information content (AvgIpc) is 2.54. The maximum Gasteiger partial charge on any atom is 0.262 e. The van der Waals surface area contributed by atoms with Crippen LogP contribution >= 0.6 is 11.3 Å². The number of benzene rings is 1. The van der Waals surface area contributed by atoms with E-state index in [9.17, 15) is 0 Å². The number of aromatic nitrogens is 1. The van der Waals surface area contributed by atoms with Crippen molar-refractivity contribution in [2.45, 2.75) is 19.9 Å². The second-order valence-electron chi connectivity index (χ2n) is 3.80. The smallest absolute Gasteiger partial charge is 0.182 e. The van der Waals surface area contributed by atoms with E-state index in [4.69, 9.17) is 0 Å². The van der Waals surface area contributed by atoms with Crippen molar-refractivity contribution in [3.05, 3.63) is 34.8 Å². The molecule has 0 fully saturated rings. The molecule has 1 aromatic carbocycles. The largest absolute Gasteiger partial charge is 0.262 e. The quantitative estimate of drug-likeness (QED) is 0.578. The summed E-state index contributed by atoms with van der Waals surface area (Å²) in [6.07, 6.45) is 3.51. The number of fused-ring (bicyclic) bond motifs is 3. The zero-order chi connectivity index (χ0) is 9.54. The van der Waals surface area contributed by atoms with Gasteiger partial charge in [-0.3, -0.25) is 0 Å². The first-order valence-electron chi connectivity index (χ1n) is 4.93. The fourth-order valence-electron chi connectivity index (χ4n) is 1.96. The van der Waals surface area contributed by atoms with Crippen LogP contribution in [0.25, 0.3) is 16.3 Å². The lowest BCUT2D eigenvalue weighted by atomic mass is 10.1. The highest BCUT2D eigenvalue weighted by Gasteiger charge is 2.21. The van der Waals surface area contributed by atoms with Crippen molar-refractivity contribution in [1.82, 2.24) is 0 Å². The molecule has 2 heterocycles. The molecular weight excluding hydrogens is 190 g/mol. The van der Waals surface area contributed by atoms with Crippen molar-refractivity contribution < 1.29 is 4.57 Å². The Morgan fingerprint density at radius 2 is 2.14 bits per heavy atom. The highest BCUT2D eigenvalue weighted by atomic mass is 32.1. The van der Waals surface area contributed by atoms with Crippen LogP contribution in [0.3, 0.4) is 0 Å². The van der Waals surface area contributed by atoms with Gasteiger partial charge in [0.25, 0.3) is 5.01 Å². The lowest BCUT2D eigenvalue weighted by Crippen LogP contribution is -2.37. The van der Waals surface area contributed by atoms with Gasteiger partial charge in [0.2, 0.25) is 5.52 Å². The summed E-state index contributed by atoms with van der Waals surface area (Å²) in [6, 6.07) is 8.65. The van der Waals surface area contributed by atoms with Gasteiger partial charge in [-0.2, -0.15) is 4.57 Å². The van der Waals surface area contributed by atoms with Crippen LogP contribution in [0.2, 0.25) is 0 Å². The molecule has 1 aliphatic heterocycles. The Morgan fingerprint density at radius 1 is 1.29 bits per heavy atom. The number of rotatable bonds is 0. The predicted octanol–water partition coefficient (Wildman–Crippen LogP) is 3.00. The van der Waals surface area contributed by atoms with Gasteiger partial charge < -0.3 is 0 Å². The third-order valence-corrected chi connectivity index (χ3v) is 3.85. The molecule has 14 heavy (non-hydrogen) atoms. The van der Waals surface area contributed by atoms with Crippen LogP contribution in [0.1, 0.15) is 18.4 Å². The van der Waals surface area contributed by atoms with Crippen molar-refractivity contribution in [2.75, 3.05) is 0 Å². The Morgan fingerprint density at radius 3 is 3.07 bits per heavy atom. The van der Waals surface area contributed by atoms with Gasteiger partial charge in [0.1, 0.15) is 4.70 Å². The highest BCUT2D eigenvalue weighted by Crippen LogP contribution is 2.25. The number of hydrogen-bond acceptors (Lipinski definition) is 1. The summed E-state index contributed by atoms with van der Waals surface area (Å²) in [6.45, 7) is 3.36. The normalized spacial score (nSPS) is 15.4. The molecule has 1 aromatic heterocycles. The van der Waals surface area contributed by atoms with Crippen LogP contribution in [0, 0.1) is 0 Å².